The highest BCUT2D eigenvalue weighted by Crippen LogP contribution is 2.41. The summed E-state index contributed by atoms with van der Waals surface area (Å²) in [6.07, 6.45) is 0. The van der Waals surface area contributed by atoms with E-state index in [2.05, 4.69) is 31.9 Å². The van der Waals surface area contributed by atoms with Crippen LogP contribution in [0.15, 0.2) is 40.9 Å². The molecule has 20 heavy (non-hydrogen) atoms. The molecule has 0 saturated heterocycles. The largest absolute Gasteiger partial charge is 0.497 e. The quantitative estimate of drug-likeness (QED) is 0.662. The third-order valence-corrected chi connectivity index (χ3v) is 4.79. The molecule has 0 heterocycles. The highest BCUT2D eigenvalue weighted by molar-refractivity contribution is 9.11. The van der Waals surface area contributed by atoms with Crippen molar-refractivity contribution < 1.29 is 13.9 Å². The van der Waals surface area contributed by atoms with E-state index >= 15 is 0 Å². The zero-order valence-electron chi connectivity index (χ0n) is 11.0. The van der Waals surface area contributed by atoms with Crippen molar-refractivity contribution in [2.75, 3.05) is 14.2 Å². The second kappa shape index (κ2) is 6.59. The van der Waals surface area contributed by atoms with Gasteiger partial charge in [0, 0.05) is 11.6 Å². The van der Waals surface area contributed by atoms with Gasteiger partial charge >= 0.3 is 0 Å². The Balaban J connectivity index is 2.47. The van der Waals surface area contributed by atoms with Crippen LogP contribution in [0.4, 0.5) is 4.39 Å². The Morgan fingerprint density at radius 2 is 1.80 bits per heavy atom. The Morgan fingerprint density at radius 3 is 2.45 bits per heavy atom. The topological polar surface area (TPSA) is 18.5 Å². The maximum Gasteiger partial charge on any atom is 0.137 e. The number of halogens is 3. The van der Waals surface area contributed by atoms with Gasteiger partial charge in [0.2, 0.25) is 0 Å². The van der Waals surface area contributed by atoms with Crippen molar-refractivity contribution in [3.63, 3.8) is 0 Å². The lowest BCUT2D eigenvalue weighted by Gasteiger charge is -2.17. The lowest BCUT2D eigenvalue weighted by Crippen LogP contribution is -1.99. The maximum atomic E-state index is 13.6. The third-order valence-electron chi connectivity index (χ3n) is 2.97. The van der Waals surface area contributed by atoms with Crippen molar-refractivity contribution in [1.29, 1.82) is 0 Å². The van der Waals surface area contributed by atoms with Gasteiger partial charge in [-0.2, -0.15) is 0 Å². The minimum atomic E-state index is -0.292. The lowest BCUT2D eigenvalue weighted by molar-refractivity contribution is 0.391. The Kier molecular flexibility index (Phi) is 5.05. The van der Waals surface area contributed by atoms with Gasteiger partial charge in [0.05, 0.1) is 23.5 Å². The van der Waals surface area contributed by atoms with E-state index in [0.29, 0.717) is 16.0 Å². The molecule has 0 aliphatic heterocycles. The van der Waals surface area contributed by atoms with Gasteiger partial charge in [-0.25, -0.2) is 4.39 Å². The van der Waals surface area contributed by atoms with Gasteiger partial charge in [-0.3, -0.25) is 0 Å². The van der Waals surface area contributed by atoms with E-state index in [-0.39, 0.29) is 10.6 Å². The molecule has 0 spiro atoms. The molecule has 2 aromatic rings. The van der Waals surface area contributed by atoms with Crippen LogP contribution >= 0.6 is 31.9 Å². The van der Waals surface area contributed by atoms with E-state index in [4.69, 9.17) is 9.47 Å². The van der Waals surface area contributed by atoms with E-state index in [9.17, 15) is 4.39 Å². The van der Waals surface area contributed by atoms with Gasteiger partial charge in [0.1, 0.15) is 17.3 Å². The highest BCUT2D eigenvalue weighted by Gasteiger charge is 2.19. The van der Waals surface area contributed by atoms with E-state index in [1.54, 1.807) is 26.4 Å². The van der Waals surface area contributed by atoms with Crippen molar-refractivity contribution in [3.8, 4) is 11.5 Å². The fourth-order valence-electron chi connectivity index (χ4n) is 1.91. The van der Waals surface area contributed by atoms with Gasteiger partial charge in [-0.05, 0) is 33.6 Å². The monoisotopic (exact) mass is 402 g/mol. The predicted octanol–water partition coefficient (Wildman–Crippen LogP) is 5.09. The summed E-state index contributed by atoms with van der Waals surface area (Å²) in [5.41, 5.74) is 1.70. The van der Waals surface area contributed by atoms with E-state index in [1.165, 1.54) is 6.07 Å². The zero-order valence-corrected chi connectivity index (χ0v) is 14.2. The number of rotatable bonds is 4. The van der Waals surface area contributed by atoms with Crippen LogP contribution in [-0.2, 0) is 0 Å². The van der Waals surface area contributed by atoms with Crippen LogP contribution in [0.25, 0.3) is 0 Å². The summed E-state index contributed by atoms with van der Waals surface area (Å²) in [4.78, 5) is -0.187. The van der Waals surface area contributed by atoms with Crippen molar-refractivity contribution in [2.45, 2.75) is 4.83 Å². The molecule has 0 amide bonds. The smallest absolute Gasteiger partial charge is 0.137 e. The summed E-state index contributed by atoms with van der Waals surface area (Å²) >= 11 is 6.88. The lowest BCUT2D eigenvalue weighted by atomic mass is 10.0. The Bertz CT molecular complexity index is 617. The van der Waals surface area contributed by atoms with Gasteiger partial charge < -0.3 is 9.47 Å². The summed E-state index contributed by atoms with van der Waals surface area (Å²) < 4.78 is 24.6. The standard InChI is InChI=1S/C15H13Br2FO2/c1-19-9-6-7-10(13(8-9)20-2)14(16)11-4-3-5-12(18)15(11)17/h3-8,14H,1-2H3. The molecule has 0 aromatic heterocycles. The van der Waals surface area contributed by atoms with E-state index in [1.807, 2.05) is 18.2 Å². The number of methoxy groups -OCH3 is 2. The molecule has 1 unspecified atom stereocenters. The first-order valence-corrected chi connectivity index (χ1v) is 7.59. The fourth-order valence-corrected chi connectivity index (χ4v) is 3.47. The van der Waals surface area contributed by atoms with Crippen LogP contribution in [-0.4, -0.2) is 14.2 Å². The zero-order chi connectivity index (χ0) is 14.7. The molecule has 2 rings (SSSR count). The third kappa shape index (κ3) is 2.99. The number of ether oxygens (including phenoxy) is 2. The first-order valence-electron chi connectivity index (χ1n) is 5.88. The van der Waals surface area contributed by atoms with Gasteiger partial charge in [-0.1, -0.05) is 34.1 Å². The molecular formula is C15H13Br2FO2. The van der Waals surface area contributed by atoms with E-state index in [0.717, 1.165) is 11.1 Å². The van der Waals surface area contributed by atoms with Gasteiger partial charge in [0.15, 0.2) is 0 Å². The average molecular weight is 404 g/mol. The SMILES string of the molecule is COc1ccc(C(Br)c2cccc(F)c2Br)c(OC)c1. The summed E-state index contributed by atoms with van der Waals surface area (Å²) in [6.45, 7) is 0. The summed E-state index contributed by atoms with van der Waals surface area (Å²) in [5.74, 6) is 1.10. The van der Waals surface area contributed by atoms with Crippen LogP contribution in [0.3, 0.4) is 0 Å². The Morgan fingerprint density at radius 1 is 1.05 bits per heavy atom. The Hall–Kier alpha value is -1.07. The van der Waals surface area contributed by atoms with Crippen molar-refractivity contribution in [3.05, 3.63) is 57.8 Å². The van der Waals surface area contributed by atoms with Crippen molar-refractivity contribution >= 4 is 31.9 Å². The molecule has 0 saturated carbocycles. The second-order valence-corrected chi connectivity index (χ2v) is 5.82. The predicted molar refractivity (Wildman–Crippen MR) is 84.4 cm³/mol. The number of hydrogen-bond acceptors (Lipinski definition) is 2. The van der Waals surface area contributed by atoms with Crippen molar-refractivity contribution in [2.24, 2.45) is 0 Å². The maximum absolute atomic E-state index is 13.6. The molecule has 5 heteroatoms. The molecule has 0 radical (unpaired) electrons. The molecule has 106 valence electrons. The van der Waals surface area contributed by atoms with Gasteiger partial charge in [0.25, 0.3) is 0 Å². The highest BCUT2D eigenvalue weighted by atomic mass is 79.9. The summed E-state index contributed by atoms with van der Waals surface area (Å²) in [6, 6.07) is 10.5. The average Bonchev–Trinajstić information content (AvgIpc) is 2.48. The minimum absolute atomic E-state index is 0.187. The van der Waals surface area contributed by atoms with Crippen LogP contribution in [0.5, 0.6) is 11.5 Å². The molecule has 0 N–H and O–H groups in total. The number of hydrogen-bond donors (Lipinski definition) is 0. The molecule has 2 nitrogen and oxygen atoms in total. The van der Waals surface area contributed by atoms with Crippen molar-refractivity contribution in [1.82, 2.24) is 0 Å². The summed E-state index contributed by atoms with van der Waals surface area (Å²) in [7, 11) is 3.20. The number of alkyl halides is 1. The molecule has 0 aliphatic carbocycles. The molecule has 0 bridgehead atoms. The fraction of sp³-hybridized carbons (Fsp3) is 0.200. The molecular weight excluding hydrogens is 391 g/mol. The van der Waals surface area contributed by atoms with Crippen LogP contribution in [0, 0.1) is 5.82 Å². The first kappa shape index (κ1) is 15.3. The molecule has 0 aliphatic rings. The van der Waals surface area contributed by atoms with Crippen LogP contribution in [0.1, 0.15) is 16.0 Å². The van der Waals surface area contributed by atoms with Crippen LogP contribution in [0.2, 0.25) is 0 Å². The minimum Gasteiger partial charge on any atom is -0.497 e. The van der Waals surface area contributed by atoms with E-state index < -0.39 is 0 Å². The molecule has 0 fully saturated rings. The Labute approximate surface area is 134 Å². The second-order valence-electron chi connectivity index (χ2n) is 4.11. The molecule has 1 atom stereocenters. The number of benzene rings is 2. The normalized spacial score (nSPS) is 12.1. The molecule has 2 aromatic carbocycles. The first-order chi connectivity index (χ1) is 9.58. The van der Waals surface area contributed by atoms with Gasteiger partial charge in [-0.15, -0.1) is 0 Å². The summed E-state index contributed by atoms with van der Waals surface area (Å²) in [5, 5.41) is 0. The van der Waals surface area contributed by atoms with Crippen LogP contribution < -0.4 is 9.47 Å².